The Kier molecular flexibility index (Phi) is 5.72. The Hall–Kier alpha value is -1.24. The number of aliphatic imine (C=N–C) groups is 1. The molecule has 3 aliphatic rings. The summed E-state index contributed by atoms with van der Waals surface area (Å²) in [6, 6.07) is 10.7. The van der Waals surface area contributed by atoms with Gasteiger partial charge in [-0.2, -0.15) is 0 Å². The van der Waals surface area contributed by atoms with Crippen molar-refractivity contribution in [2.45, 2.75) is 47.5 Å². The van der Waals surface area contributed by atoms with Crippen LogP contribution in [0.1, 0.15) is 25.7 Å². The van der Waals surface area contributed by atoms with Crippen molar-refractivity contribution in [1.82, 2.24) is 10.2 Å². The molecule has 0 bridgehead atoms. The highest BCUT2D eigenvalue weighted by atomic mass is 32.2. The van der Waals surface area contributed by atoms with Crippen LogP contribution in [-0.2, 0) is 9.47 Å². The number of nitrogens with one attached hydrogen (secondary N) is 1. The van der Waals surface area contributed by atoms with Crippen LogP contribution in [-0.4, -0.2) is 67.7 Å². The van der Waals surface area contributed by atoms with Gasteiger partial charge in [0.1, 0.15) is 6.10 Å². The highest BCUT2D eigenvalue weighted by Gasteiger charge is 2.44. The third-order valence-electron chi connectivity index (χ3n) is 5.44. The van der Waals surface area contributed by atoms with E-state index >= 15 is 0 Å². The molecule has 0 amide bonds. The number of nitrogens with zero attached hydrogens (tertiary/aromatic N) is 2. The van der Waals surface area contributed by atoms with Gasteiger partial charge in [0.25, 0.3) is 0 Å². The molecule has 1 aromatic rings. The zero-order valence-corrected chi connectivity index (χ0v) is 16.3. The smallest absolute Gasteiger partial charge is 0.193 e. The minimum atomic E-state index is 0.165. The molecule has 2 unspecified atom stereocenters. The first-order valence-corrected chi connectivity index (χ1v) is 10.5. The molecule has 0 spiro atoms. The number of hydrogen-bond acceptors (Lipinski definition) is 4. The number of morpholine rings is 1. The summed E-state index contributed by atoms with van der Waals surface area (Å²) >= 11 is 2.00. The van der Waals surface area contributed by atoms with Crippen LogP contribution in [0, 0.1) is 0 Å². The van der Waals surface area contributed by atoms with Gasteiger partial charge in [-0.05, 0) is 37.8 Å². The van der Waals surface area contributed by atoms with Crippen LogP contribution in [0.3, 0.4) is 0 Å². The average Bonchev–Trinajstić information content (AvgIpc) is 3.21. The van der Waals surface area contributed by atoms with Crippen molar-refractivity contribution in [3.8, 4) is 0 Å². The van der Waals surface area contributed by atoms with Crippen LogP contribution >= 0.6 is 11.8 Å². The lowest BCUT2D eigenvalue weighted by molar-refractivity contribution is -0.0816. The fourth-order valence-corrected chi connectivity index (χ4v) is 5.00. The second kappa shape index (κ2) is 8.19. The second-order valence-corrected chi connectivity index (χ2v) is 8.95. The zero-order chi connectivity index (χ0) is 17.8. The fraction of sp³-hybridized carbons (Fsp3) is 0.650. The van der Waals surface area contributed by atoms with E-state index in [0.29, 0.717) is 4.75 Å². The molecule has 1 aliphatic carbocycles. The van der Waals surface area contributed by atoms with E-state index in [-0.39, 0.29) is 12.2 Å². The fourth-order valence-electron chi connectivity index (χ4n) is 3.75. The lowest BCUT2D eigenvalue weighted by Gasteiger charge is -2.37. The third-order valence-corrected chi connectivity index (χ3v) is 6.93. The molecule has 4 rings (SSSR count). The minimum absolute atomic E-state index is 0.165. The summed E-state index contributed by atoms with van der Waals surface area (Å²) in [6.07, 6.45) is 5.20. The first-order valence-electron chi connectivity index (χ1n) is 9.71. The minimum Gasteiger partial charge on any atom is -0.375 e. The Morgan fingerprint density at radius 3 is 2.73 bits per heavy atom. The Labute approximate surface area is 160 Å². The molecule has 1 aromatic carbocycles. The van der Waals surface area contributed by atoms with Crippen molar-refractivity contribution in [3.63, 3.8) is 0 Å². The van der Waals surface area contributed by atoms with Crippen LogP contribution in [0.15, 0.2) is 40.2 Å². The number of benzene rings is 1. The molecule has 5 nitrogen and oxygen atoms in total. The molecule has 2 heterocycles. The normalized spacial score (nSPS) is 28.2. The predicted molar refractivity (Wildman–Crippen MR) is 106 cm³/mol. The standard InChI is InChI=1S/C20H29N3O2S/c1-21-19(23-11-13-25-18(14-23)17-8-5-12-24-17)22-15-20(9-10-20)26-16-6-3-2-4-7-16/h2-4,6-7,17-18H,5,8-15H2,1H3,(H,21,22). The van der Waals surface area contributed by atoms with Gasteiger partial charge in [0.05, 0.1) is 12.7 Å². The predicted octanol–water partition coefficient (Wildman–Crippen LogP) is 2.77. The number of rotatable bonds is 5. The lowest BCUT2D eigenvalue weighted by Crippen LogP contribution is -2.54. The molecule has 2 atom stereocenters. The first-order chi connectivity index (χ1) is 12.8. The van der Waals surface area contributed by atoms with Crippen molar-refractivity contribution < 1.29 is 9.47 Å². The molecule has 1 N–H and O–H groups in total. The zero-order valence-electron chi connectivity index (χ0n) is 15.5. The molecule has 0 aromatic heterocycles. The van der Waals surface area contributed by atoms with Crippen LogP contribution in [0.2, 0.25) is 0 Å². The number of hydrogen-bond donors (Lipinski definition) is 1. The van der Waals surface area contributed by atoms with E-state index in [2.05, 4.69) is 45.5 Å². The maximum atomic E-state index is 5.97. The Morgan fingerprint density at radius 1 is 1.23 bits per heavy atom. The van der Waals surface area contributed by atoms with Gasteiger partial charge >= 0.3 is 0 Å². The van der Waals surface area contributed by atoms with Gasteiger partial charge in [-0.25, -0.2) is 0 Å². The molecule has 2 saturated heterocycles. The highest BCUT2D eigenvalue weighted by molar-refractivity contribution is 8.01. The van der Waals surface area contributed by atoms with E-state index in [1.807, 2.05) is 18.8 Å². The third kappa shape index (κ3) is 4.35. The first kappa shape index (κ1) is 18.1. The summed E-state index contributed by atoms with van der Waals surface area (Å²) in [5, 5.41) is 3.63. The topological polar surface area (TPSA) is 46.1 Å². The van der Waals surface area contributed by atoms with Gasteiger partial charge < -0.3 is 19.7 Å². The average molecular weight is 376 g/mol. The summed E-state index contributed by atoms with van der Waals surface area (Å²) in [5.41, 5.74) is 0. The Morgan fingerprint density at radius 2 is 2.04 bits per heavy atom. The van der Waals surface area contributed by atoms with Gasteiger partial charge in [-0.15, -0.1) is 11.8 Å². The van der Waals surface area contributed by atoms with Crippen molar-refractivity contribution in [1.29, 1.82) is 0 Å². The van der Waals surface area contributed by atoms with Crippen molar-refractivity contribution in [3.05, 3.63) is 30.3 Å². The van der Waals surface area contributed by atoms with Gasteiger partial charge in [0.15, 0.2) is 5.96 Å². The monoisotopic (exact) mass is 375 g/mol. The SMILES string of the molecule is CN=C(NCC1(Sc2ccccc2)CC1)N1CCOC(C2CCCO2)C1. The van der Waals surface area contributed by atoms with E-state index < -0.39 is 0 Å². The van der Waals surface area contributed by atoms with Crippen LogP contribution in [0.25, 0.3) is 0 Å². The molecule has 0 radical (unpaired) electrons. The maximum Gasteiger partial charge on any atom is 0.193 e. The van der Waals surface area contributed by atoms with E-state index in [1.54, 1.807) is 0 Å². The van der Waals surface area contributed by atoms with Gasteiger partial charge in [0, 0.05) is 42.9 Å². The van der Waals surface area contributed by atoms with Gasteiger partial charge in [-0.3, -0.25) is 4.99 Å². The number of guanidine groups is 1. The number of ether oxygens (including phenoxy) is 2. The van der Waals surface area contributed by atoms with E-state index in [1.165, 1.54) is 17.7 Å². The van der Waals surface area contributed by atoms with Gasteiger partial charge in [-0.1, -0.05) is 18.2 Å². The molecule has 26 heavy (non-hydrogen) atoms. The molecule has 1 saturated carbocycles. The Balaban J connectivity index is 1.31. The van der Waals surface area contributed by atoms with E-state index in [9.17, 15) is 0 Å². The highest BCUT2D eigenvalue weighted by Crippen LogP contribution is 2.51. The maximum absolute atomic E-state index is 5.97. The largest absolute Gasteiger partial charge is 0.375 e. The summed E-state index contributed by atoms with van der Waals surface area (Å²) in [5.74, 6) is 0.997. The molecule has 2 aliphatic heterocycles. The van der Waals surface area contributed by atoms with E-state index in [0.717, 1.165) is 51.6 Å². The second-order valence-electron chi connectivity index (χ2n) is 7.41. The van der Waals surface area contributed by atoms with Crippen molar-refractivity contribution in [2.24, 2.45) is 4.99 Å². The molecule has 6 heteroatoms. The molecular weight excluding hydrogens is 346 g/mol. The van der Waals surface area contributed by atoms with E-state index in [4.69, 9.17) is 9.47 Å². The summed E-state index contributed by atoms with van der Waals surface area (Å²) in [6.45, 7) is 4.33. The van der Waals surface area contributed by atoms with Crippen molar-refractivity contribution in [2.75, 3.05) is 39.9 Å². The van der Waals surface area contributed by atoms with Crippen molar-refractivity contribution >= 4 is 17.7 Å². The van der Waals surface area contributed by atoms with Crippen LogP contribution < -0.4 is 5.32 Å². The summed E-state index contributed by atoms with van der Waals surface area (Å²) in [7, 11) is 1.88. The van der Waals surface area contributed by atoms with Crippen LogP contribution in [0.4, 0.5) is 0 Å². The van der Waals surface area contributed by atoms with Gasteiger partial charge in [0.2, 0.25) is 0 Å². The summed E-state index contributed by atoms with van der Waals surface area (Å²) in [4.78, 5) is 8.22. The number of thioether (sulfide) groups is 1. The lowest BCUT2D eigenvalue weighted by atomic mass is 10.1. The summed E-state index contributed by atoms with van der Waals surface area (Å²) < 4.78 is 12.1. The molecule has 142 valence electrons. The van der Waals surface area contributed by atoms with Crippen LogP contribution in [0.5, 0.6) is 0 Å². The molecule has 3 fully saturated rings. The molecular formula is C20H29N3O2S. The Bertz CT molecular complexity index is 615. The quantitative estimate of drug-likeness (QED) is 0.633.